The summed E-state index contributed by atoms with van der Waals surface area (Å²) in [6, 6.07) is 23.2. The zero-order valence-corrected chi connectivity index (χ0v) is 19.1. The first-order valence-corrected chi connectivity index (χ1v) is 11.1. The number of para-hydroxylation sites is 1. The highest BCUT2D eigenvalue weighted by atomic mass is 35.5. The normalized spacial score (nSPS) is 10.8. The van der Waals surface area contributed by atoms with Gasteiger partial charge in [-0.05, 0) is 60.7 Å². The van der Waals surface area contributed by atoms with Crippen molar-refractivity contribution in [3.63, 3.8) is 0 Å². The Bertz CT molecular complexity index is 1620. The van der Waals surface area contributed by atoms with Crippen LogP contribution in [0.2, 0.25) is 5.02 Å². The van der Waals surface area contributed by atoms with Crippen LogP contribution in [-0.2, 0) is 4.79 Å². The van der Waals surface area contributed by atoms with Crippen LogP contribution in [0.1, 0.15) is 0 Å². The smallest absolute Gasteiger partial charge is 0.338 e. The number of halogens is 1. The lowest BCUT2D eigenvalue weighted by Crippen LogP contribution is -2.22. The summed E-state index contributed by atoms with van der Waals surface area (Å²) in [4.78, 5) is 29.6. The first-order valence-electron chi connectivity index (χ1n) is 10.7. The molecule has 0 aliphatic heterocycles. The number of amides is 1. The average molecular weight is 483 g/mol. The number of imidazole rings is 1. The molecule has 5 aromatic rings. The van der Waals surface area contributed by atoms with E-state index in [2.05, 4.69) is 16.9 Å². The van der Waals surface area contributed by atoms with Gasteiger partial charge in [-0.2, -0.15) is 0 Å². The van der Waals surface area contributed by atoms with E-state index in [1.165, 1.54) is 10.6 Å². The van der Waals surface area contributed by atoms with Crippen molar-refractivity contribution >= 4 is 34.2 Å². The number of aromatic nitrogens is 3. The van der Waals surface area contributed by atoms with Crippen LogP contribution in [0.4, 0.5) is 5.69 Å². The van der Waals surface area contributed by atoms with Crippen LogP contribution >= 0.6 is 11.6 Å². The van der Waals surface area contributed by atoms with Gasteiger partial charge in [0.2, 0.25) is 5.91 Å². The molecule has 5 rings (SSSR count). The number of ether oxygens (including phenoxy) is 1. The summed E-state index contributed by atoms with van der Waals surface area (Å²) in [5.74, 6) is 0.791. The number of anilines is 1. The molecule has 0 aliphatic carbocycles. The summed E-state index contributed by atoms with van der Waals surface area (Å²) in [5.41, 5.74) is 2.63. The summed E-state index contributed by atoms with van der Waals surface area (Å²) in [7, 11) is 0. The van der Waals surface area contributed by atoms with Crippen molar-refractivity contribution in [1.29, 1.82) is 0 Å². The second-order valence-corrected chi connectivity index (χ2v) is 8.00. The van der Waals surface area contributed by atoms with E-state index in [0.29, 0.717) is 44.6 Å². The minimum Gasteiger partial charge on any atom is -0.456 e. The fourth-order valence-corrected chi connectivity index (χ4v) is 4.00. The molecule has 0 atom stereocenters. The first-order chi connectivity index (χ1) is 17.0. The SMILES string of the molecule is C=CC(=O)Nc1cccc(-n2c(=O)n(-c3ccc(Oc4ccccc4)c(Cl)c3)c3cnccc32)c1. The fourth-order valence-electron chi connectivity index (χ4n) is 3.79. The summed E-state index contributed by atoms with van der Waals surface area (Å²) >= 11 is 6.53. The zero-order chi connectivity index (χ0) is 24.4. The number of fused-ring (bicyclic) bond motifs is 1. The Morgan fingerprint density at radius 1 is 0.943 bits per heavy atom. The molecule has 2 aromatic heterocycles. The number of carbonyl (C=O) groups is 1. The maximum Gasteiger partial charge on any atom is 0.338 e. The van der Waals surface area contributed by atoms with Gasteiger partial charge in [0.05, 0.1) is 33.6 Å². The van der Waals surface area contributed by atoms with Crippen molar-refractivity contribution in [2.45, 2.75) is 0 Å². The maximum absolute atomic E-state index is 13.7. The Morgan fingerprint density at radius 3 is 2.49 bits per heavy atom. The van der Waals surface area contributed by atoms with Crippen molar-refractivity contribution < 1.29 is 9.53 Å². The van der Waals surface area contributed by atoms with Gasteiger partial charge in [-0.15, -0.1) is 0 Å². The lowest BCUT2D eigenvalue weighted by atomic mass is 10.2. The van der Waals surface area contributed by atoms with Crippen LogP contribution in [0.15, 0.2) is 109 Å². The Balaban J connectivity index is 1.61. The van der Waals surface area contributed by atoms with Crippen LogP contribution in [0, 0.1) is 0 Å². The zero-order valence-electron chi connectivity index (χ0n) is 18.4. The monoisotopic (exact) mass is 482 g/mol. The molecular weight excluding hydrogens is 464 g/mol. The Hall–Kier alpha value is -4.62. The summed E-state index contributed by atoms with van der Waals surface area (Å²) in [5, 5.41) is 3.08. The van der Waals surface area contributed by atoms with E-state index in [-0.39, 0.29) is 11.6 Å². The molecule has 1 N–H and O–H groups in total. The molecule has 3 aromatic carbocycles. The number of pyridine rings is 1. The molecule has 0 fully saturated rings. The van der Waals surface area contributed by atoms with Gasteiger partial charge in [-0.1, -0.05) is 42.4 Å². The molecular formula is C27H19ClN4O3. The molecule has 35 heavy (non-hydrogen) atoms. The molecule has 0 bridgehead atoms. The molecule has 0 unspecified atom stereocenters. The van der Waals surface area contributed by atoms with Crippen LogP contribution in [0.25, 0.3) is 22.4 Å². The highest BCUT2D eigenvalue weighted by molar-refractivity contribution is 6.32. The molecule has 8 heteroatoms. The second kappa shape index (κ2) is 9.32. The Labute approximate surface area is 205 Å². The Kier molecular flexibility index (Phi) is 5.91. The third-order valence-corrected chi connectivity index (χ3v) is 5.64. The Morgan fingerprint density at radius 2 is 1.71 bits per heavy atom. The van der Waals surface area contributed by atoms with Gasteiger partial charge >= 0.3 is 5.69 Å². The number of nitrogens with zero attached hydrogens (tertiary/aromatic N) is 3. The summed E-state index contributed by atoms with van der Waals surface area (Å²) in [6.45, 7) is 3.47. The number of benzene rings is 3. The lowest BCUT2D eigenvalue weighted by molar-refractivity contribution is -0.111. The minimum atomic E-state index is -0.339. The second-order valence-electron chi connectivity index (χ2n) is 7.59. The van der Waals surface area contributed by atoms with Gasteiger partial charge in [-0.3, -0.25) is 18.9 Å². The number of nitrogens with one attached hydrogen (secondary N) is 1. The van der Waals surface area contributed by atoms with Gasteiger partial charge < -0.3 is 10.1 Å². The van der Waals surface area contributed by atoms with Crippen LogP contribution < -0.4 is 15.7 Å². The molecule has 0 saturated carbocycles. The predicted octanol–water partition coefficient (Wildman–Crippen LogP) is 5.75. The van der Waals surface area contributed by atoms with E-state index in [9.17, 15) is 9.59 Å². The molecule has 0 aliphatic rings. The van der Waals surface area contributed by atoms with Crippen LogP contribution in [0.5, 0.6) is 11.5 Å². The molecule has 2 heterocycles. The molecule has 0 spiro atoms. The standard InChI is InChI=1S/C27H19ClN4O3/c1-2-26(33)30-18-7-6-8-19(15-18)31-23-13-14-29-17-24(23)32(27(31)34)20-11-12-25(22(28)16-20)35-21-9-4-3-5-10-21/h2-17H,1H2,(H,30,33). The van der Waals surface area contributed by atoms with Gasteiger partial charge in [0.1, 0.15) is 11.5 Å². The maximum atomic E-state index is 13.7. The van der Waals surface area contributed by atoms with Gasteiger partial charge in [0.25, 0.3) is 0 Å². The van der Waals surface area contributed by atoms with Crippen molar-refractivity contribution in [2.24, 2.45) is 0 Å². The van der Waals surface area contributed by atoms with E-state index in [1.807, 2.05) is 30.3 Å². The fraction of sp³-hybridized carbons (Fsp3) is 0. The summed E-state index contributed by atoms with van der Waals surface area (Å²) < 4.78 is 8.96. The van der Waals surface area contributed by atoms with Crippen LogP contribution in [0.3, 0.4) is 0 Å². The quantitative estimate of drug-likeness (QED) is 0.313. The molecule has 172 valence electrons. The van der Waals surface area contributed by atoms with E-state index in [1.54, 1.807) is 65.5 Å². The average Bonchev–Trinajstić information content (AvgIpc) is 3.17. The predicted molar refractivity (Wildman–Crippen MR) is 137 cm³/mol. The van der Waals surface area contributed by atoms with E-state index in [0.717, 1.165) is 0 Å². The highest BCUT2D eigenvalue weighted by Crippen LogP contribution is 2.32. The van der Waals surface area contributed by atoms with Crippen LogP contribution in [-0.4, -0.2) is 20.0 Å². The molecule has 0 radical (unpaired) electrons. The van der Waals surface area contributed by atoms with Gasteiger partial charge in [0, 0.05) is 11.9 Å². The third-order valence-electron chi connectivity index (χ3n) is 5.34. The minimum absolute atomic E-state index is 0.312. The number of hydrogen-bond donors (Lipinski definition) is 1. The molecule has 7 nitrogen and oxygen atoms in total. The first kappa shape index (κ1) is 22.2. The van der Waals surface area contributed by atoms with Crippen molar-refractivity contribution in [3.8, 4) is 22.9 Å². The van der Waals surface area contributed by atoms with E-state index in [4.69, 9.17) is 16.3 Å². The van der Waals surface area contributed by atoms with Crippen molar-refractivity contribution in [3.05, 3.63) is 119 Å². The lowest BCUT2D eigenvalue weighted by Gasteiger charge is -2.10. The van der Waals surface area contributed by atoms with Gasteiger partial charge in [0.15, 0.2) is 0 Å². The molecule has 0 saturated heterocycles. The van der Waals surface area contributed by atoms with Crippen molar-refractivity contribution in [1.82, 2.24) is 14.1 Å². The number of carbonyl (C=O) groups excluding carboxylic acids is 1. The number of hydrogen-bond acceptors (Lipinski definition) is 4. The van der Waals surface area contributed by atoms with Gasteiger partial charge in [-0.25, -0.2) is 4.79 Å². The number of rotatable bonds is 6. The van der Waals surface area contributed by atoms with E-state index < -0.39 is 0 Å². The van der Waals surface area contributed by atoms with E-state index >= 15 is 0 Å². The topological polar surface area (TPSA) is 78.2 Å². The molecule has 1 amide bonds. The highest BCUT2D eigenvalue weighted by Gasteiger charge is 2.18. The summed E-state index contributed by atoms with van der Waals surface area (Å²) in [6.07, 6.45) is 4.43. The largest absolute Gasteiger partial charge is 0.456 e. The van der Waals surface area contributed by atoms with Crippen molar-refractivity contribution in [2.75, 3.05) is 5.32 Å². The third kappa shape index (κ3) is 4.32.